The van der Waals surface area contributed by atoms with Gasteiger partial charge in [-0.3, -0.25) is 9.97 Å². The number of fused-ring (bicyclic) bond motifs is 2. The van der Waals surface area contributed by atoms with Crippen LogP contribution in [0.3, 0.4) is 0 Å². The zero-order chi connectivity index (χ0) is 13.5. The minimum absolute atomic E-state index is 0.0619. The second kappa shape index (κ2) is 4.34. The number of ether oxygens (including phenoxy) is 1. The van der Waals surface area contributed by atoms with Crippen LogP contribution in [0.2, 0.25) is 0 Å². The lowest BCUT2D eigenvalue weighted by molar-refractivity contribution is 0.471. The number of aromatic nitrogens is 2. The summed E-state index contributed by atoms with van der Waals surface area (Å²) < 4.78 is 5.95. The lowest BCUT2D eigenvalue weighted by atomic mass is 9.90. The quantitative estimate of drug-likeness (QED) is 0.719. The smallest absolute Gasteiger partial charge is 0.149 e. The number of pyridine rings is 2. The van der Waals surface area contributed by atoms with Gasteiger partial charge in [0.25, 0.3) is 0 Å². The van der Waals surface area contributed by atoms with Gasteiger partial charge in [-0.2, -0.15) is 0 Å². The van der Waals surface area contributed by atoms with Gasteiger partial charge < -0.3 is 4.74 Å². The maximum Gasteiger partial charge on any atom is 0.149 e. The lowest BCUT2D eigenvalue weighted by Crippen LogP contribution is -2.14. The third kappa shape index (κ3) is 2.33. The van der Waals surface area contributed by atoms with Crippen molar-refractivity contribution in [1.29, 1.82) is 0 Å². The first-order chi connectivity index (χ1) is 9.04. The average Bonchev–Trinajstić information content (AvgIpc) is 2.55. The Hall–Kier alpha value is -1.90. The molecule has 3 nitrogen and oxygen atoms in total. The summed E-state index contributed by atoms with van der Waals surface area (Å²) in [5.41, 5.74) is 3.41. The molecule has 0 spiro atoms. The minimum Gasteiger partial charge on any atom is -0.454 e. The van der Waals surface area contributed by atoms with E-state index in [1.165, 1.54) is 5.56 Å². The van der Waals surface area contributed by atoms with Crippen molar-refractivity contribution >= 4 is 0 Å². The standard InChI is InChI=1S/C16H18N2O/c1-16(2,3)15-9-11-6-7-12-13(5-4-8-17-12)19-14(11)10-18-15/h4-5,8-10H,6-7H2,1-3H3. The van der Waals surface area contributed by atoms with Gasteiger partial charge >= 0.3 is 0 Å². The van der Waals surface area contributed by atoms with Gasteiger partial charge in [0.2, 0.25) is 0 Å². The summed E-state index contributed by atoms with van der Waals surface area (Å²) in [5.74, 6) is 1.71. The van der Waals surface area contributed by atoms with Crippen molar-refractivity contribution < 1.29 is 4.74 Å². The van der Waals surface area contributed by atoms with Crippen molar-refractivity contribution in [3.05, 3.63) is 47.5 Å². The number of hydrogen-bond acceptors (Lipinski definition) is 3. The Labute approximate surface area is 113 Å². The molecule has 1 aliphatic heterocycles. The molecule has 3 heterocycles. The fourth-order valence-electron chi connectivity index (χ4n) is 2.26. The number of nitrogens with zero attached hydrogens (tertiary/aromatic N) is 2. The summed E-state index contributed by atoms with van der Waals surface area (Å²) in [6, 6.07) is 6.04. The minimum atomic E-state index is 0.0619. The maximum absolute atomic E-state index is 5.95. The van der Waals surface area contributed by atoms with Gasteiger partial charge in [-0.1, -0.05) is 20.8 Å². The van der Waals surface area contributed by atoms with Gasteiger partial charge in [-0.15, -0.1) is 0 Å². The lowest BCUT2D eigenvalue weighted by Gasteiger charge is -2.19. The fourth-order valence-corrected chi connectivity index (χ4v) is 2.26. The molecule has 0 fully saturated rings. The van der Waals surface area contributed by atoms with Crippen molar-refractivity contribution in [1.82, 2.24) is 9.97 Å². The van der Waals surface area contributed by atoms with E-state index in [2.05, 4.69) is 36.8 Å². The molecule has 3 heteroatoms. The zero-order valence-corrected chi connectivity index (χ0v) is 11.6. The molecule has 0 N–H and O–H groups in total. The van der Waals surface area contributed by atoms with Gasteiger partial charge in [-0.05, 0) is 36.6 Å². The summed E-state index contributed by atoms with van der Waals surface area (Å²) in [5, 5.41) is 0. The van der Waals surface area contributed by atoms with Crippen LogP contribution in [0, 0.1) is 0 Å². The van der Waals surface area contributed by atoms with Gasteiger partial charge in [0.15, 0.2) is 0 Å². The summed E-state index contributed by atoms with van der Waals surface area (Å²) in [6.45, 7) is 6.53. The summed E-state index contributed by atoms with van der Waals surface area (Å²) in [7, 11) is 0. The zero-order valence-electron chi connectivity index (χ0n) is 11.6. The third-order valence-electron chi connectivity index (χ3n) is 3.42. The summed E-state index contributed by atoms with van der Waals surface area (Å²) in [4.78, 5) is 8.92. The molecule has 2 aromatic heterocycles. The molecule has 0 aliphatic carbocycles. The first-order valence-electron chi connectivity index (χ1n) is 6.65. The van der Waals surface area contributed by atoms with Crippen molar-refractivity contribution in [2.45, 2.75) is 39.0 Å². The van der Waals surface area contributed by atoms with Gasteiger partial charge in [0, 0.05) is 17.3 Å². The second-order valence-corrected chi connectivity index (χ2v) is 5.98. The van der Waals surface area contributed by atoms with Crippen molar-refractivity contribution in [3.8, 4) is 11.5 Å². The summed E-state index contributed by atoms with van der Waals surface area (Å²) >= 11 is 0. The van der Waals surface area contributed by atoms with Crippen LogP contribution >= 0.6 is 0 Å². The number of rotatable bonds is 0. The highest BCUT2D eigenvalue weighted by molar-refractivity contribution is 5.42. The Balaban J connectivity index is 2.02. The van der Waals surface area contributed by atoms with Crippen molar-refractivity contribution in [2.75, 3.05) is 0 Å². The molecule has 2 aromatic rings. The third-order valence-corrected chi connectivity index (χ3v) is 3.42. The van der Waals surface area contributed by atoms with Crippen LogP contribution in [0.5, 0.6) is 11.5 Å². The Kier molecular flexibility index (Phi) is 2.77. The topological polar surface area (TPSA) is 35.0 Å². The first-order valence-corrected chi connectivity index (χ1v) is 6.65. The van der Waals surface area contributed by atoms with Gasteiger partial charge in [-0.25, -0.2) is 0 Å². The van der Waals surface area contributed by atoms with E-state index >= 15 is 0 Å². The van der Waals surface area contributed by atoms with Gasteiger partial charge in [0.1, 0.15) is 11.5 Å². The molecule has 0 atom stereocenters. The Morgan fingerprint density at radius 2 is 1.95 bits per heavy atom. The molecule has 0 unspecified atom stereocenters. The van der Waals surface area contributed by atoms with Crippen LogP contribution in [0.1, 0.15) is 37.7 Å². The fraction of sp³-hybridized carbons (Fsp3) is 0.375. The average molecular weight is 254 g/mol. The highest BCUT2D eigenvalue weighted by atomic mass is 16.5. The molecule has 0 aromatic carbocycles. The predicted octanol–water partition coefficient (Wildman–Crippen LogP) is 3.67. The molecule has 98 valence electrons. The van der Waals surface area contributed by atoms with Crippen molar-refractivity contribution in [2.24, 2.45) is 0 Å². The van der Waals surface area contributed by atoms with E-state index in [0.29, 0.717) is 0 Å². The molecule has 3 rings (SSSR count). The Morgan fingerprint density at radius 3 is 2.74 bits per heavy atom. The highest BCUT2D eigenvalue weighted by Gasteiger charge is 2.20. The molecule has 0 amide bonds. The maximum atomic E-state index is 5.95. The SMILES string of the molecule is CC(C)(C)c1cc2c(cn1)Oc1cccnc1CC2. The predicted molar refractivity (Wildman–Crippen MR) is 74.7 cm³/mol. The van der Waals surface area contributed by atoms with E-state index < -0.39 is 0 Å². The van der Waals surface area contributed by atoms with Crippen LogP contribution in [0.25, 0.3) is 0 Å². The van der Waals surface area contributed by atoms with Crippen LogP contribution in [0.15, 0.2) is 30.6 Å². The molecule has 0 bridgehead atoms. The van der Waals surface area contributed by atoms with E-state index in [1.54, 1.807) is 0 Å². The Morgan fingerprint density at radius 1 is 1.11 bits per heavy atom. The van der Waals surface area contributed by atoms with E-state index in [4.69, 9.17) is 4.74 Å². The van der Waals surface area contributed by atoms with Crippen molar-refractivity contribution in [3.63, 3.8) is 0 Å². The molecular formula is C16H18N2O. The molecule has 1 aliphatic rings. The van der Waals surface area contributed by atoms with E-state index in [-0.39, 0.29) is 5.41 Å². The Bertz CT molecular complexity index is 614. The molecule has 19 heavy (non-hydrogen) atoms. The van der Waals surface area contributed by atoms with E-state index in [9.17, 15) is 0 Å². The van der Waals surface area contributed by atoms with E-state index in [1.807, 2.05) is 24.5 Å². The number of hydrogen-bond donors (Lipinski definition) is 0. The number of aryl methyl sites for hydroxylation is 2. The summed E-state index contributed by atoms with van der Waals surface area (Å²) in [6.07, 6.45) is 5.52. The highest BCUT2D eigenvalue weighted by Crippen LogP contribution is 2.33. The van der Waals surface area contributed by atoms with Crippen LogP contribution < -0.4 is 4.74 Å². The second-order valence-electron chi connectivity index (χ2n) is 5.98. The molecular weight excluding hydrogens is 236 g/mol. The monoisotopic (exact) mass is 254 g/mol. The van der Waals surface area contributed by atoms with Gasteiger partial charge in [0.05, 0.1) is 11.9 Å². The molecule has 0 saturated carbocycles. The van der Waals surface area contributed by atoms with Crippen LogP contribution in [-0.2, 0) is 18.3 Å². The van der Waals surface area contributed by atoms with E-state index in [0.717, 1.165) is 35.7 Å². The normalized spacial score (nSPS) is 14.1. The van der Waals surface area contributed by atoms with Crippen LogP contribution in [0.4, 0.5) is 0 Å². The molecule has 0 radical (unpaired) electrons. The molecule has 0 saturated heterocycles. The largest absolute Gasteiger partial charge is 0.454 e. The first kappa shape index (κ1) is 12.2. The van der Waals surface area contributed by atoms with Crippen LogP contribution in [-0.4, -0.2) is 9.97 Å².